The van der Waals surface area contributed by atoms with Crippen LogP contribution in [0.3, 0.4) is 0 Å². The number of aromatic nitrogens is 1. The van der Waals surface area contributed by atoms with Crippen LogP contribution in [-0.4, -0.2) is 19.2 Å². The van der Waals surface area contributed by atoms with Crippen molar-refractivity contribution < 1.29 is 9.47 Å². The molecule has 24 heavy (non-hydrogen) atoms. The maximum atomic E-state index is 5.56. The Balaban J connectivity index is 2.27. The highest BCUT2D eigenvalue weighted by atomic mass is 16.5. The van der Waals surface area contributed by atoms with E-state index in [0.29, 0.717) is 0 Å². The summed E-state index contributed by atoms with van der Waals surface area (Å²) in [4.78, 5) is 4.90. The van der Waals surface area contributed by atoms with Gasteiger partial charge in [0.05, 0.1) is 25.4 Å². The van der Waals surface area contributed by atoms with Crippen molar-refractivity contribution in [3.63, 3.8) is 0 Å². The molecule has 0 spiro atoms. The van der Waals surface area contributed by atoms with Crippen molar-refractivity contribution >= 4 is 10.9 Å². The minimum atomic E-state index is 0.729. The molecule has 2 aromatic carbocycles. The Morgan fingerprint density at radius 1 is 0.958 bits per heavy atom. The van der Waals surface area contributed by atoms with Crippen LogP contribution in [0.1, 0.15) is 23.6 Å². The number of nitrogens with zero attached hydrogens (tertiary/aromatic N) is 1. The molecular weight excluding hydrogens is 298 g/mol. The molecule has 3 rings (SSSR count). The van der Waals surface area contributed by atoms with Gasteiger partial charge in [0.25, 0.3) is 0 Å². The van der Waals surface area contributed by atoms with Crippen LogP contribution in [-0.2, 0) is 6.42 Å². The number of fused-ring (bicyclic) bond motifs is 1. The van der Waals surface area contributed by atoms with Crippen molar-refractivity contribution in [2.45, 2.75) is 27.2 Å². The monoisotopic (exact) mass is 321 g/mol. The van der Waals surface area contributed by atoms with Crippen LogP contribution in [0.4, 0.5) is 0 Å². The van der Waals surface area contributed by atoms with Crippen molar-refractivity contribution in [3.8, 4) is 22.8 Å². The fraction of sp³-hybridized carbons (Fsp3) is 0.286. The molecule has 3 heteroatoms. The number of pyridine rings is 1. The Kier molecular flexibility index (Phi) is 4.43. The second-order valence-electron chi connectivity index (χ2n) is 6.03. The lowest BCUT2D eigenvalue weighted by molar-refractivity contribution is 0.353. The van der Waals surface area contributed by atoms with Gasteiger partial charge in [-0.05, 0) is 38.0 Å². The normalized spacial score (nSPS) is 10.9. The van der Waals surface area contributed by atoms with Crippen LogP contribution in [0, 0.1) is 13.8 Å². The van der Waals surface area contributed by atoms with Crippen LogP contribution < -0.4 is 9.47 Å². The smallest absolute Gasteiger partial charge is 0.164 e. The molecule has 0 fully saturated rings. The third kappa shape index (κ3) is 2.71. The van der Waals surface area contributed by atoms with Gasteiger partial charge in [-0.3, -0.25) is 0 Å². The fourth-order valence-electron chi connectivity index (χ4n) is 3.19. The van der Waals surface area contributed by atoms with Crippen molar-refractivity contribution in [1.82, 2.24) is 4.98 Å². The molecule has 0 bridgehead atoms. The van der Waals surface area contributed by atoms with Crippen molar-refractivity contribution in [1.29, 1.82) is 0 Å². The highest BCUT2D eigenvalue weighted by Gasteiger charge is 2.15. The summed E-state index contributed by atoms with van der Waals surface area (Å²) in [6.45, 7) is 6.34. The van der Waals surface area contributed by atoms with Gasteiger partial charge in [-0.15, -0.1) is 0 Å². The molecule has 3 aromatic rings. The Morgan fingerprint density at radius 3 is 2.42 bits per heavy atom. The molecule has 0 aliphatic rings. The van der Waals surface area contributed by atoms with Gasteiger partial charge < -0.3 is 9.47 Å². The molecule has 0 saturated carbocycles. The molecule has 0 unspecified atom stereocenters. The van der Waals surface area contributed by atoms with Gasteiger partial charge in [-0.25, -0.2) is 4.98 Å². The molecular formula is C21H23NO2. The van der Waals surface area contributed by atoms with E-state index in [1.54, 1.807) is 14.2 Å². The quantitative estimate of drug-likeness (QED) is 0.670. The summed E-state index contributed by atoms with van der Waals surface area (Å²) in [6, 6.07) is 12.6. The summed E-state index contributed by atoms with van der Waals surface area (Å²) >= 11 is 0. The minimum absolute atomic E-state index is 0.729. The highest BCUT2D eigenvalue weighted by molar-refractivity contribution is 5.89. The number of hydrogen-bond donors (Lipinski definition) is 0. The number of benzene rings is 2. The van der Waals surface area contributed by atoms with E-state index in [2.05, 4.69) is 51.1 Å². The lowest BCUT2D eigenvalue weighted by atomic mass is 9.99. The third-order valence-electron chi connectivity index (χ3n) is 4.46. The summed E-state index contributed by atoms with van der Waals surface area (Å²) in [6.07, 6.45) is 0.862. The first-order chi connectivity index (χ1) is 11.6. The zero-order valence-corrected chi connectivity index (χ0v) is 14.9. The maximum Gasteiger partial charge on any atom is 0.164 e. The van der Waals surface area contributed by atoms with E-state index in [1.807, 2.05) is 6.07 Å². The molecule has 0 aliphatic carbocycles. The highest BCUT2D eigenvalue weighted by Crippen LogP contribution is 2.38. The van der Waals surface area contributed by atoms with Crippen LogP contribution in [0.5, 0.6) is 11.5 Å². The fourth-order valence-corrected chi connectivity index (χ4v) is 3.19. The average molecular weight is 321 g/mol. The summed E-state index contributed by atoms with van der Waals surface area (Å²) < 4.78 is 11.1. The van der Waals surface area contributed by atoms with E-state index in [4.69, 9.17) is 14.5 Å². The summed E-state index contributed by atoms with van der Waals surface area (Å²) in [5.41, 5.74) is 6.68. The first kappa shape index (κ1) is 16.3. The second kappa shape index (κ2) is 6.52. The maximum absolute atomic E-state index is 5.56. The molecule has 3 nitrogen and oxygen atoms in total. The van der Waals surface area contributed by atoms with Gasteiger partial charge in [0, 0.05) is 22.6 Å². The molecule has 0 radical (unpaired) electrons. The lowest BCUT2D eigenvalue weighted by Crippen LogP contribution is -1.98. The number of hydrogen-bond acceptors (Lipinski definition) is 3. The number of ether oxygens (including phenoxy) is 2. The summed E-state index contributed by atoms with van der Waals surface area (Å²) in [5.74, 6) is 1.53. The minimum Gasteiger partial charge on any atom is -0.493 e. The van der Waals surface area contributed by atoms with Gasteiger partial charge in [-0.2, -0.15) is 0 Å². The predicted octanol–water partition coefficient (Wildman–Crippen LogP) is 5.10. The van der Waals surface area contributed by atoms with E-state index in [-0.39, 0.29) is 0 Å². The predicted molar refractivity (Wildman–Crippen MR) is 99.1 cm³/mol. The largest absolute Gasteiger partial charge is 0.493 e. The number of rotatable bonds is 4. The van der Waals surface area contributed by atoms with E-state index in [9.17, 15) is 0 Å². The van der Waals surface area contributed by atoms with Crippen LogP contribution >= 0.6 is 0 Å². The Morgan fingerprint density at radius 2 is 1.75 bits per heavy atom. The Labute approximate surface area is 143 Å². The van der Waals surface area contributed by atoms with Crippen LogP contribution in [0.25, 0.3) is 22.2 Å². The molecule has 0 N–H and O–H groups in total. The van der Waals surface area contributed by atoms with E-state index < -0.39 is 0 Å². The van der Waals surface area contributed by atoms with E-state index in [0.717, 1.165) is 40.1 Å². The van der Waals surface area contributed by atoms with Gasteiger partial charge in [0.15, 0.2) is 11.5 Å². The number of methoxy groups -OCH3 is 2. The first-order valence-corrected chi connectivity index (χ1v) is 8.21. The Bertz CT molecular complexity index is 900. The molecule has 124 valence electrons. The second-order valence-corrected chi connectivity index (χ2v) is 6.03. The molecule has 1 aromatic heterocycles. The molecule has 0 atom stereocenters. The van der Waals surface area contributed by atoms with E-state index >= 15 is 0 Å². The zero-order chi connectivity index (χ0) is 17.3. The average Bonchev–Trinajstić information content (AvgIpc) is 2.61. The van der Waals surface area contributed by atoms with Gasteiger partial charge in [-0.1, -0.05) is 30.7 Å². The molecule has 0 saturated heterocycles. The van der Waals surface area contributed by atoms with Crippen molar-refractivity contribution in [2.75, 3.05) is 14.2 Å². The lowest BCUT2D eigenvalue weighted by Gasteiger charge is -2.15. The third-order valence-corrected chi connectivity index (χ3v) is 4.46. The van der Waals surface area contributed by atoms with Crippen LogP contribution in [0.2, 0.25) is 0 Å². The zero-order valence-electron chi connectivity index (χ0n) is 14.9. The number of aryl methyl sites for hydroxylation is 3. The summed E-state index contributed by atoms with van der Waals surface area (Å²) in [7, 11) is 3.35. The molecule has 1 heterocycles. The van der Waals surface area contributed by atoms with Crippen LogP contribution in [0.15, 0.2) is 36.4 Å². The van der Waals surface area contributed by atoms with Crippen molar-refractivity contribution in [3.05, 3.63) is 53.1 Å². The SMILES string of the molecule is CCc1c(OC)c(OC)cc2nc(-c3cc(C)ccc3C)ccc12. The Hall–Kier alpha value is -2.55. The molecule has 0 aliphatic heterocycles. The standard InChI is InChI=1S/C21H23NO2/c1-6-15-16-9-10-18(17-11-13(2)7-8-14(17)3)22-19(16)12-20(23-4)21(15)24-5/h7-12H,6H2,1-5H3. The topological polar surface area (TPSA) is 31.4 Å². The van der Waals surface area contributed by atoms with E-state index in [1.165, 1.54) is 16.7 Å². The van der Waals surface area contributed by atoms with Gasteiger partial charge >= 0.3 is 0 Å². The first-order valence-electron chi connectivity index (χ1n) is 8.21. The van der Waals surface area contributed by atoms with Gasteiger partial charge in [0.1, 0.15) is 0 Å². The van der Waals surface area contributed by atoms with Gasteiger partial charge in [0.2, 0.25) is 0 Å². The summed E-state index contributed by atoms with van der Waals surface area (Å²) in [5, 5.41) is 1.12. The molecule has 0 amide bonds. The van der Waals surface area contributed by atoms with Crippen molar-refractivity contribution in [2.24, 2.45) is 0 Å².